The largest absolute Gasteiger partial charge is 0.481 e. The average Bonchev–Trinajstić information content (AvgIpc) is 2.72. The van der Waals surface area contributed by atoms with Gasteiger partial charge in [0, 0.05) is 6.54 Å². The fourth-order valence-corrected chi connectivity index (χ4v) is 3.29. The predicted molar refractivity (Wildman–Crippen MR) is 76.6 cm³/mol. The second-order valence-corrected chi connectivity index (χ2v) is 6.46. The lowest BCUT2D eigenvalue weighted by atomic mass is 9.82. The van der Waals surface area contributed by atoms with Crippen molar-refractivity contribution in [1.29, 1.82) is 0 Å². The normalized spacial score (nSPS) is 26.4. The maximum Gasteiger partial charge on any atom is 0.410 e. The lowest BCUT2D eigenvalue weighted by Crippen LogP contribution is -2.56. The van der Waals surface area contributed by atoms with Gasteiger partial charge in [0.05, 0.1) is 11.5 Å². The summed E-state index contributed by atoms with van der Waals surface area (Å²) >= 11 is 0. The smallest absolute Gasteiger partial charge is 0.410 e. The zero-order chi connectivity index (χ0) is 15.6. The standard InChI is InChI=1S/C15H27NO4/c1-6-15(10-8-9-11(15)12(17)18)16(7-2)13(19)20-14(3,4)5/h11H,6-10H2,1-5H3,(H,17,18)/t11-,15+/m1/s1. The summed E-state index contributed by atoms with van der Waals surface area (Å²) in [5.74, 6) is -1.31. The average molecular weight is 285 g/mol. The first kappa shape index (κ1) is 16.8. The van der Waals surface area contributed by atoms with E-state index in [1.54, 1.807) is 4.90 Å². The van der Waals surface area contributed by atoms with Crippen LogP contribution in [0.4, 0.5) is 4.79 Å². The Bertz CT molecular complexity index is 375. The number of rotatable bonds is 4. The summed E-state index contributed by atoms with van der Waals surface area (Å²) in [6.45, 7) is 9.75. The Kier molecular flexibility index (Phi) is 5.05. The van der Waals surface area contributed by atoms with Crippen LogP contribution in [-0.4, -0.2) is 39.8 Å². The van der Waals surface area contributed by atoms with Crippen LogP contribution >= 0.6 is 0 Å². The molecule has 116 valence electrons. The molecule has 5 nitrogen and oxygen atoms in total. The third-order valence-electron chi connectivity index (χ3n) is 4.13. The van der Waals surface area contributed by atoms with E-state index in [9.17, 15) is 14.7 Å². The molecule has 0 aromatic rings. The zero-order valence-electron chi connectivity index (χ0n) is 13.2. The van der Waals surface area contributed by atoms with Crippen molar-refractivity contribution in [2.24, 2.45) is 5.92 Å². The Morgan fingerprint density at radius 2 is 1.95 bits per heavy atom. The van der Waals surface area contributed by atoms with Crippen LogP contribution in [0.25, 0.3) is 0 Å². The first-order valence-electron chi connectivity index (χ1n) is 7.41. The molecule has 0 spiro atoms. The van der Waals surface area contributed by atoms with Crippen molar-refractivity contribution in [3.63, 3.8) is 0 Å². The fraction of sp³-hybridized carbons (Fsp3) is 0.867. The first-order chi connectivity index (χ1) is 9.18. The molecule has 2 atom stereocenters. The van der Waals surface area contributed by atoms with Crippen LogP contribution in [0.1, 0.15) is 60.3 Å². The van der Waals surface area contributed by atoms with Gasteiger partial charge in [0.25, 0.3) is 0 Å². The number of carbonyl (C=O) groups excluding carboxylic acids is 1. The number of ether oxygens (including phenoxy) is 1. The monoisotopic (exact) mass is 285 g/mol. The van der Waals surface area contributed by atoms with Crippen molar-refractivity contribution < 1.29 is 19.4 Å². The Balaban J connectivity index is 3.06. The molecule has 1 rings (SSSR count). The second-order valence-electron chi connectivity index (χ2n) is 6.46. The van der Waals surface area contributed by atoms with E-state index in [-0.39, 0.29) is 0 Å². The van der Waals surface area contributed by atoms with Gasteiger partial charge in [-0.15, -0.1) is 0 Å². The third kappa shape index (κ3) is 3.25. The van der Waals surface area contributed by atoms with E-state index in [1.807, 2.05) is 34.6 Å². The van der Waals surface area contributed by atoms with E-state index in [1.165, 1.54) is 0 Å². The molecule has 0 aromatic carbocycles. The number of amides is 1. The number of hydrogen-bond donors (Lipinski definition) is 1. The number of carbonyl (C=O) groups is 2. The van der Waals surface area contributed by atoms with Crippen LogP contribution < -0.4 is 0 Å². The molecule has 0 radical (unpaired) electrons. The third-order valence-corrected chi connectivity index (χ3v) is 4.13. The quantitative estimate of drug-likeness (QED) is 0.860. The summed E-state index contributed by atoms with van der Waals surface area (Å²) in [4.78, 5) is 25.6. The van der Waals surface area contributed by atoms with Crippen LogP contribution in [-0.2, 0) is 9.53 Å². The molecule has 1 aliphatic rings. The minimum Gasteiger partial charge on any atom is -0.481 e. The van der Waals surface area contributed by atoms with Crippen molar-refractivity contribution >= 4 is 12.1 Å². The van der Waals surface area contributed by atoms with Gasteiger partial charge in [-0.2, -0.15) is 0 Å². The summed E-state index contributed by atoms with van der Waals surface area (Å²) in [6.07, 6.45) is 2.42. The molecule has 0 saturated heterocycles. The Morgan fingerprint density at radius 1 is 1.35 bits per heavy atom. The minimum absolute atomic E-state index is 0.407. The van der Waals surface area contributed by atoms with Gasteiger partial charge in [-0.3, -0.25) is 4.79 Å². The van der Waals surface area contributed by atoms with E-state index in [4.69, 9.17) is 4.74 Å². The summed E-state index contributed by atoms with van der Waals surface area (Å²) in [7, 11) is 0. The van der Waals surface area contributed by atoms with Crippen molar-refractivity contribution in [1.82, 2.24) is 4.90 Å². The molecular formula is C15H27NO4. The molecule has 1 N–H and O–H groups in total. The van der Waals surface area contributed by atoms with Gasteiger partial charge in [0.1, 0.15) is 5.60 Å². The summed E-state index contributed by atoms with van der Waals surface area (Å²) in [5.41, 5.74) is -1.18. The molecule has 1 saturated carbocycles. The van der Waals surface area contributed by atoms with Gasteiger partial charge in [-0.1, -0.05) is 13.3 Å². The van der Waals surface area contributed by atoms with E-state index < -0.39 is 29.1 Å². The SMILES string of the molecule is CCN(C(=O)OC(C)(C)C)[C@@]1(CC)CCC[C@@H]1C(=O)O. The Morgan fingerprint density at radius 3 is 2.35 bits per heavy atom. The Hall–Kier alpha value is -1.26. The van der Waals surface area contributed by atoms with Crippen LogP contribution in [0.15, 0.2) is 0 Å². The molecule has 0 bridgehead atoms. The molecule has 0 aliphatic heterocycles. The van der Waals surface area contributed by atoms with Crippen LogP contribution in [0.2, 0.25) is 0 Å². The molecule has 1 amide bonds. The van der Waals surface area contributed by atoms with Crippen molar-refractivity contribution in [3.8, 4) is 0 Å². The minimum atomic E-state index is -0.814. The highest BCUT2D eigenvalue weighted by Gasteiger charge is 2.51. The maximum absolute atomic E-state index is 12.4. The number of carboxylic acid groups (broad SMARTS) is 1. The summed E-state index contributed by atoms with van der Waals surface area (Å²) in [5, 5.41) is 9.46. The maximum atomic E-state index is 12.4. The molecular weight excluding hydrogens is 258 g/mol. The molecule has 0 heterocycles. The number of carboxylic acids is 1. The number of hydrogen-bond acceptors (Lipinski definition) is 3. The first-order valence-corrected chi connectivity index (χ1v) is 7.41. The number of nitrogens with zero attached hydrogens (tertiary/aromatic N) is 1. The topological polar surface area (TPSA) is 66.8 Å². The molecule has 5 heteroatoms. The van der Waals surface area contributed by atoms with Crippen molar-refractivity contribution in [2.45, 2.75) is 71.4 Å². The Labute approximate surface area is 121 Å². The number of aliphatic carboxylic acids is 1. The van der Waals surface area contributed by atoms with Gasteiger partial charge in [-0.25, -0.2) is 4.79 Å². The van der Waals surface area contributed by atoms with Gasteiger partial charge in [-0.05, 0) is 47.0 Å². The van der Waals surface area contributed by atoms with Gasteiger partial charge >= 0.3 is 12.1 Å². The molecule has 1 aliphatic carbocycles. The molecule has 0 unspecified atom stereocenters. The van der Waals surface area contributed by atoms with Gasteiger partial charge in [0.2, 0.25) is 0 Å². The highest BCUT2D eigenvalue weighted by Crippen LogP contribution is 2.43. The summed E-state index contributed by atoms with van der Waals surface area (Å²) in [6, 6.07) is 0. The van der Waals surface area contributed by atoms with E-state index in [2.05, 4.69) is 0 Å². The van der Waals surface area contributed by atoms with Gasteiger partial charge in [0.15, 0.2) is 0 Å². The second kappa shape index (κ2) is 6.02. The van der Waals surface area contributed by atoms with Crippen molar-refractivity contribution in [3.05, 3.63) is 0 Å². The highest BCUT2D eigenvalue weighted by molar-refractivity contribution is 5.75. The van der Waals surface area contributed by atoms with Crippen LogP contribution in [0.3, 0.4) is 0 Å². The van der Waals surface area contributed by atoms with E-state index >= 15 is 0 Å². The zero-order valence-corrected chi connectivity index (χ0v) is 13.2. The van der Waals surface area contributed by atoms with Crippen LogP contribution in [0, 0.1) is 5.92 Å². The molecule has 0 aromatic heterocycles. The predicted octanol–water partition coefficient (Wildman–Crippen LogP) is 3.28. The lowest BCUT2D eigenvalue weighted by molar-refractivity contribution is -0.146. The van der Waals surface area contributed by atoms with E-state index in [0.717, 1.165) is 12.8 Å². The molecule has 1 fully saturated rings. The highest BCUT2D eigenvalue weighted by atomic mass is 16.6. The lowest BCUT2D eigenvalue weighted by Gasteiger charge is -2.43. The molecule has 20 heavy (non-hydrogen) atoms. The van der Waals surface area contributed by atoms with Crippen molar-refractivity contribution in [2.75, 3.05) is 6.54 Å². The fourth-order valence-electron chi connectivity index (χ4n) is 3.29. The van der Waals surface area contributed by atoms with E-state index in [0.29, 0.717) is 19.4 Å². The van der Waals surface area contributed by atoms with Crippen LogP contribution in [0.5, 0.6) is 0 Å². The summed E-state index contributed by atoms with van der Waals surface area (Å²) < 4.78 is 5.45. The van der Waals surface area contributed by atoms with Gasteiger partial charge < -0.3 is 14.7 Å².